The summed E-state index contributed by atoms with van der Waals surface area (Å²) in [6.45, 7) is 11.3. The second-order valence-corrected chi connectivity index (χ2v) is 6.58. The van der Waals surface area contributed by atoms with Gasteiger partial charge in [0.25, 0.3) is 0 Å². The molecule has 0 spiro atoms. The highest BCUT2D eigenvalue weighted by molar-refractivity contribution is 5.70. The SMILES string of the molecule is CC(C)Oc1cc(N2CC(C)OC(C)(C)C2)c(N)cc1F. The van der Waals surface area contributed by atoms with Gasteiger partial charge in [0, 0.05) is 25.2 Å². The number of benzene rings is 1. The van der Waals surface area contributed by atoms with Crippen LogP contribution in [0.25, 0.3) is 0 Å². The number of ether oxygens (including phenoxy) is 2. The fourth-order valence-corrected chi connectivity index (χ4v) is 2.81. The topological polar surface area (TPSA) is 47.7 Å². The number of hydrogen-bond acceptors (Lipinski definition) is 4. The summed E-state index contributed by atoms with van der Waals surface area (Å²) >= 11 is 0. The molecule has 0 aromatic heterocycles. The Labute approximate surface area is 126 Å². The quantitative estimate of drug-likeness (QED) is 0.870. The zero-order chi connectivity index (χ0) is 15.8. The molecule has 1 aliphatic rings. The minimum absolute atomic E-state index is 0.0870. The summed E-state index contributed by atoms with van der Waals surface area (Å²) < 4.78 is 25.4. The van der Waals surface area contributed by atoms with E-state index in [1.165, 1.54) is 6.07 Å². The molecule has 0 aliphatic carbocycles. The Morgan fingerprint density at radius 2 is 2.10 bits per heavy atom. The lowest BCUT2D eigenvalue weighted by atomic mass is 10.0. The van der Waals surface area contributed by atoms with Gasteiger partial charge < -0.3 is 20.1 Å². The van der Waals surface area contributed by atoms with Crippen molar-refractivity contribution in [1.29, 1.82) is 0 Å². The average Bonchev–Trinajstić information content (AvgIpc) is 2.29. The number of rotatable bonds is 3. The minimum Gasteiger partial charge on any atom is -0.488 e. The first-order valence-corrected chi connectivity index (χ1v) is 7.36. The van der Waals surface area contributed by atoms with Gasteiger partial charge in [0.1, 0.15) is 0 Å². The molecule has 2 rings (SSSR count). The molecule has 0 saturated carbocycles. The second kappa shape index (κ2) is 5.72. The molecule has 1 fully saturated rings. The van der Waals surface area contributed by atoms with E-state index >= 15 is 0 Å². The summed E-state index contributed by atoms with van der Waals surface area (Å²) in [5.41, 5.74) is 6.97. The Morgan fingerprint density at radius 1 is 1.43 bits per heavy atom. The first kappa shape index (κ1) is 15.9. The maximum atomic E-state index is 13.9. The van der Waals surface area contributed by atoms with Gasteiger partial charge in [0.2, 0.25) is 0 Å². The van der Waals surface area contributed by atoms with Crippen LogP contribution in [0.1, 0.15) is 34.6 Å². The van der Waals surface area contributed by atoms with E-state index in [0.717, 1.165) is 12.2 Å². The maximum absolute atomic E-state index is 13.9. The predicted octanol–water partition coefficient (Wildman–Crippen LogP) is 3.20. The van der Waals surface area contributed by atoms with E-state index < -0.39 is 5.82 Å². The number of anilines is 2. The number of nitrogens with zero attached hydrogens (tertiary/aromatic N) is 1. The van der Waals surface area contributed by atoms with Gasteiger partial charge in [-0.05, 0) is 34.6 Å². The summed E-state index contributed by atoms with van der Waals surface area (Å²) in [4.78, 5) is 2.14. The lowest BCUT2D eigenvalue weighted by molar-refractivity contribution is -0.0749. The van der Waals surface area contributed by atoms with Crippen molar-refractivity contribution >= 4 is 11.4 Å². The zero-order valence-corrected chi connectivity index (χ0v) is 13.4. The monoisotopic (exact) mass is 296 g/mol. The molecule has 1 heterocycles. The standard InChI is InChI=1S/C16H25FN2O2/c1-10(2)20-15-7-14(13(18)6-12(15)17)19-8-11(3)21-16(4,5)9-19/h6-7,10-11H,8-9,18H2,1-5H3. The fourth-order valence-electron chi connectivity index (χ4n) is 2.81. The molecule has 1 aromatic rings. The number of halogens is 1. The van der Waals surface area contributed by atoms with Crippen LogP contribution in [0.15, 0.2) is 12.1 Å². The van der Waals surface area contributed by atoms with Gasteiger partial charge in [-0.25, -0.2) is 4.39 Å². The van der Waals surface area contributed by atoms with Gasteiger partial charge in [-0.2, -0.15) is 0 Å². The Hall–Kier alpha value is -1.49. The number of hydrogen-bond donors (Lipinski definition) is 1. The van der Waals surface area contributed by atoms with Gasteiger partial charge in [-0.1, -0.05) is 0 Å². The molecule has 5 heteroatoms. The first-order valence-electron chi connectivity index (χ1n) is 7.36. The van der Waals surface area contributed by atoms with Crippen LogP contribution >= 0.6 is 0 Å². The molecule has 0 radical (unpaired) electrons. The van der Waals surface area contributed by atoms with E-state index in [1.807, 2.05) is 34.6 Å². The van der Waals surface area contributed by atoms with Crippen LogP contribution in [-0.4, -0.2) is 30.9 Å². The summed E-state index contributed by atoms with van der Waals surface area (Å²) in [6, 6.07) is 3.03. The smallest absolute Gasteiger partial charge is 0.167 e. The van der Waals surface area contributed by atoms with E-state index in [1.54, 1.807) is 6.07 Å². The average molecular weight is 296 g/mol. The van der Waals surface area contributed by atoms with Crippen LogP contribution in [0.4, 0.5) is 15.8 Å². The van der Waals surface area contributed by atoms with Crippen LogP contribution in [0, 0.1) is 5.82 Å². The van der Waals surface area contributed by atoms with Crippen molar-refractivity contribution in [3.05, 3.63) is 17.9 Å². The Morgan fingerprint density at radius 3 is 2.67 bits per heavy atom. The number of nitrogen functional groups attached to an aromatic ring is 1. The molecule has 118 valence electrons. The van der Waals surface area contributed by atoms with E-state index in [4.69, 9.17) is 15.2 Å². The van der Waals surface area contributed by atoms with Crippen molar-refractivity contribution in [3.63, 3.8) is 0 Å². The molecule has 0 bridgehead atoms. The van der Waals surface area contributed by atoms with E-state index in [9.17, 15) is 4.39 Å². The van der Waals surface area contributed by atoms with E-state index in [-0.39, 0.29) is 23.6 Å². The molecule has 1 aliphatic heterocycles. The number of nitrogens with two attached hydrogens (primary N) is 1. The van der Waals surface area contributed by atoms with Crippen molar-refractivity contribution < 1.29 is 13.9 Å². The van der Waals surface area contributed by atoms with Gasteiger partial charge in [0.05, 0.1) is 29.2 Å². The maximum Gasteiger partial charge on any atom is 0.167 e. The Bertz CT molecular complexity index is 517. The van der Waals surface area contributed by atoms with Crippen molar-refractivity contribution in [2.75, 3.05) is 23.7 Å². The lowest BCUT2D eigenvalue weighted by Crippen LogP contribution is -2.52. The van der Waals surface area contributed by atoms with Crippen LogP contribution in [0.3, 0.4) is 0 Å². The van der Waals surface area contributed by atoms with Crippen molar-refractivity contribution in [1.82, 2.24) is 0 Å². The third-order valence-corrected chi connectivity index (χ3v) is 3.35. The third-order valence-electron chi connectivity index (χ3n) is 3.35. The normalized spacial score (nSPS) is 21.7. The zero-order valence-electron chi connectivity index (χ0n) is 13.4. The summed E-state index contributed by atoms with van der Waals surface area (Å²) in [5, 5.41) is 0. The molecule has 21 heavy (non-hydrogen) atoms. The molecular formula is C16H25FN2O2. The molecular weight excluding hydrogens is 271 g/mol. The van der Waals surface area contributed by atoms with E-state index in [0.29, 0.717) is 12.2 Å². The highest BCUT2D eigenvalue weighted by atomic mass is 19.1. The minimum atomic E-state index is -0.425. The molecule has 4 nitrogen and oxygen atoms in total. The summed E-state index contributed by atoms with van der Waals surface area (Å²) in [6.07, 6.45) is 0.00342. The molecule has 1 saturated heterocycles. The lowest BCUT2D eigenvalue weighted by Gasteiger charge is -2.43. The molecule has 2 N–H and O–H groups in total. The summed E-state index contributed by atoms with van der Waals surface area (Å²) in [5.74, 6) is -0.184. The van der Waals surface area contributed by atoms with E-state index in [2.05, 4.69) is 4.90 Å². The predicted molar refractivity (Wildman–Crippen MR) is 83.4 cm³/mol. The molecule has 1 unspecified atom stereocenters. The molecule has 1 atom stereocenters. The molecule has 1 aromatic carbocycles. The van der Waals surface area contributed by atoms with Crippen LogP contribution in [0.5, 0.6) is 5.75 Å². The van der Waals surface area contributed by atoms with Crippen LogP contribution < -0.4 is 15.4 Å². The Balaban J connectivity index is 2.34. The van der Waals surface area contributed by atoms with Gasteiger partial charge in [-0.3, -0.25) is 0 Å². The van der Waals surface area contributed by atoms with Gasteiger partial charge in [0.15, 0.2) is 11.6 Å². The van der Waals surface area contributed by atoms with Gasteiger partial charge in [-0.15, -0.1) is 0 Å². The van der Waals surface area contributed by atoms with Gasteiger partial charge >= 0.3 is 0 Å². The first-order chi connectivity index (χ1) is 9.68. The van der Waals surface area contributed by atoms with Crippen molar-refractivity contribution in [3.8, 4) is 5.75 Å². The largest absolute Gasteiger partial charge is 0.488 e. The third kappa shape index (κ3) is 3.79. The molecule has 0 amide bonds. The fraction of sp³-hybridized carbons (Fsp3) is 0.625. The highest BCUT2D eigenvalue weighted by Gasteiger charge is 2.32. The second-order valence-electron chi connectivity index (χ2n) is 6.58. The van der Waals surface area contributed by atoms with Crippen LogP contribution in [0.2, 0.25) is 0 Å². The van der Waals surface area contributed by atoms with Crippen molar-refractivity contribution in [2.45, 2.75) is 52.4 Å². The van der Waals surface area contributed by atoms with Crippen LogP contribution in [-0.2, 0) is 4.74 Å². The number of morpholine rings is 1. The highest BCUT2D eigenvalue weighted by Crippen LogP contribution is 2.34. The summed E-state index contributed by atoms with van der Waals surface area (Å²) in [7, 11) is 0. The van der Waals surface area contributed by atoms with Crippen molar-refractivity contribution in [2.24, 2.45) is 0 Å². The Kier molecular flexibility index (Phi) is 4.33.